The number of amides is 1. The molecule has 0 spiro atoms. The van der Waals surface area contributed by atoms with E-state index in [9.17, 15) is 9.59 Å². The van der Waals surface area contributed by atoms with E-state index in [0.29, 0.717) is 12.6 Å². The molecule has 0 radical (unpaired) electrons. The van der Waals surface area contributed by atoms with Gasteiger partial charge in [-0.15, -0.1) is 0 Å². The average molecular weight is 270 g/mol. The minimum absolute atomic E-state index is 0.0182. The Morgan fingerprint density at radius 2 is 1.89 bits per heavy atom. The monoisotopic (exact) mass is 270 g/mol. The van der Waals surface area contributed by atoms with Gasteiger partial charge in [-0.3, -0.25) is 14.5 Å². The van der Waals surface area contributed by atoms with Crippen molar-refractivity contribution in [2.24, 2.45) is 0 Å². The van der Waals surface area contributed by atoms with Crippen molar-refractivity contribution in [3.63, 3.8) is 0 Å². The Hall–Kier alpha value is -1.10. The molecular formula is C14H26N2O3. The van der Waals surface area contributed by atoms with Gasteiger partial charge >= 0.3 is 5.97 Å². The molecule has 0 heterocycles. The third-order valence-corrected chi connectivity index (χ3v) is 3.29. The second-order valence-corrected chi connectivity index (χ2v) is 5.06. The molecule has 1 amide bonds. The van der Waals surface area contributed by atoms with Crippen molar-refractivity contribution in [2.75, 3.05) is 26.2 Å². The van der Waals surface area contributed by atoms with Gasteiger partial charge in [-0.2, -0.15) is 0 Å². The number of ether oxygens (including phenoxy) is 1. The highest BCUT2D eigenvalue weighted by molar-refractivity contribution is 5.79. The highest BCUT2D eigenvalue weighted by atomic mass is 16.5. The second-order valence-electron chi connectivity index (χ2n) is 5.06. The standard InChI is InChI=1S/C14H26N2O3/c1-3-9-16(11-14(18)19-4-2)10-13(17)15-12-7-5-6-8-12/h12H,3-11H2,1-2H3,(H,15,17). The van der Waals surface area contributed by atoms with Crippen LogP contribution in [-0.2, 0) is 14.3 Å². The molecule has 0 saturated heterocycles. The third-order valence-electron chi connectivity index (χ3n) is 3.29. The zero-order valence-electron chi connectivity index (χ0n) is 12.1. The zero-order chi connectivity index (χ0) is 14.1. The maximum atomic E-state index is 11.9. The van der Waals surface area contributed by atoms with Crippen LogP contribution in [0.5, 0.6) is 0 Å². The van der Waals surface area contributed by atoms with E-state index in [1.165, 1.54) is 12.8 Å². The summed E-state index contributed by atoms with van der Waals surface area (Å²) < 4.78 is 4.92. The molecule has 0 aromatic rings. The second kappa shape index (κ2) is 8.91. The van der Waals surface area contributed by atoms with E-state index in [4.69, 9.17) is 4.74 Å². The highest BCUT2D eigenvalue weighted by Gasteiger charge is 2.19. The molecule has 1 N–H and O–H groups in total. The van der Waals surface area contributed by atoms with Gasteiger partial charge in [0, 0.05) is 6.04 Å². The molecule has 0 atom stereocenters. The number of hydrogen-bond acceptors (Lipinski definition) is 4. The smallest absolute Gasteiger partial charge is 0.320 e. The zero-order valence-corrected chi connectivity index (χ0v) is 12.1. The Balaban J connectivity index is 2.33. The van der Waals surface area contributed by atoms with Gasteiger partial charge in [0.2, 0.25) is 5.91 Å². The maximum absolute atomic E-state index is 11.9. The molecule has 5 nitrogen and oxygen atoms in total. The maximum Gasteiger partial charge on any atom is 0.320 e. The molecule has 0 unspecified atom stereocenters. The Bertz CT molecular complexity index is 288. The number of esters is 1. The van der Waals surface area contributed by atoms with E-state index in [1.54, 1.807) is 6.92 Å². The van der Waals surface area contributed by atoms with Gasteiger partial charge in [0.1, 0.15) is 0 Å². The summed E-state index contributed by atoms with van der Waals surface area (Å²) in [5.74, 6) is -0.241. The lowest BCUT2D eigenvalue weighted by molar-refractivity contribution is -0.144. The number of hydrogen-bond donors (Lipinski definition) is 1. The van der Waals surface area contributed by atoms with Gasteiger partial charge in [-0.25, -0.2) is 0 Å². The molecule has 1 aliphatic carbocycles. The number of nitrogens with zero attached hydrogens (tertiary/aromatic N) is 1. The van der Waals surface area contributed by atoms with E-state index in [-0.39, 0.29) is 25.0 Å². The first-order valence-corrected chi connectivity index (χ1v) is 7.33. The molecule has 19 heavy (non-hydrogen) atoms. The largest absolute Gasteiger partial charge is 0.465 e. The first-order valence-electron chi connectivity index (χ1n) is 7.33. The lowest BCUT2D eigenvalue weighted by Crippen LogP contribution is -2.43. The predicted octanol–water partition coefficient (Wildman–Crippen LogP) is 1.32. The van der Waals surface area contributed by atoms with Crippen molar-refractivity contribution in [1.29, 1.82) is 0 Å². The van der Waals surface area contributed by atoms with Crippen LogP contribution in [0.2, 0.25) is 0 Å². The molecule has 1 fully saturated rings. The van der Waals surface area contributed by atoms with Crippen LogP contribution in [-0.4, -0.2) is 49.1 Å². The van der Waals surface area contributed by atoms with Crippen LogP contribution >= 0.6 is 0 Å². The van der Waals surface area contributed by atoms with E-state index in [2.05, 4.69) is 5.32 Å². The van der Waals surface area contributed by atoms with E-state index < -0.39 is 0 Å². The average Bonchev–Trinajstić information content (AvgIpc) is 2.82. The molecule has 0 aromatic heterocycles. The predicted molar refractivity (Wildman–Crippen MR) is 73.8 cm³/mol. The van der Waals surface area contributed by atoms with Gasteiger partial charge in [0.05, 0.1) is 19.7 Å². The van der Waals surface area contributed by atoms with Crippen LogP contribution < -0.4 is 5.32 Å². The fraction of sp³-hybridized carbons (Fsp3) is 0.857. The molecule has 1 rings (SSSR count). The first kappa shape index (κ1) is 16.0. The number of carbonyl (C=O) groups excluding carboxylic acids is 2. The summed E-state index contributed by atoms with van der Waals surface area (Å²) >= 11 is 0. The fourth-order valence-corrected chi connectivity index (χ4v) is 2.47. The highest BCUT2D eigenvalue weighted by Crippen LogP contribution is 2.17. The topological polar surface area (TPSA) is 58.6 Å². The van der Waals surface area contributed by atoms with Crippen LogP contribution in [0, 0.1) is 0 Å². The van der Waals surface area contributed by atoms with Crippen LogP contribution in [0.15, 0.2) is 0 Å². The van der Waals surface area contributed by atoms with Crippen molar-refractivity contribution in [1.82, 2.24) is 10.2 Å². The van der Waals surface area contributed by atoms with Crippen LogP contribution in [0.1, 0.15) is 46.0 Å². The molecule has 110 valence electrons. The van der Waals surface area contributed by atoms with Crippen molar-refractivity contribution in [3.05, 3.63) is 0 Å². The number of carbonyl (C=O) groups is 2. The lowest BCUT2D eigenvalue weighted by Gasteiger charge is -2.21. The molecule has 0 aliphatic heterocycles. The quantitative estimate of drug-likeness (QED) is 0.676. The summed E-state index contributed by atoms with van der Waals surface area (Å²) in [5.41, 5.74) is 0. The molecule has 1 saturated carbocycles. The number of nitrogens with one attached hydrogen (secondary N) is 1. The van der Waals surface area contributed by atoms with Crippen molar-refractivity contribution in [3.8, 4) is 0 Å². The summed E-state index contributed by atoms with van der Waals surface area (Å²) in [7, 11) is 0. The van der Waals surface area contributed by atoms with E-state index >= 15 is 0 Å². The lowest BCUT2D eigenvalue weighted by atomic mass is 10.2. The Kier molecular flexibility index (Phi) is 7.48. The van der Waals surface area contributed by atoms with Crippen LogP contribution in [0.25, 0.3) is 0 Å². The minimum Gasteiger partial charge on any atom is -0.465 e. The normalized spacial score (nSPS) is 15.7. The summed E-state index contributed by atoms with van der Waals surface area (Å²) in [6.45, 7) is 5.41. The fourth-order valence-electron chi connectivity index (χ4n) is 2.47. The van der Waals surface area contributed by atoms with Gasteiger partial charge < -0.3 is 10.1 Å². The molecule has 1 aliphatic rings. The molecular weight excluding hydrogens is 244 g/mol. The van der Waals surface area contributed by atoms with Gasteiger partial charge in [0.15, 0.2) is 0 Å². The molecule has 0 aromatic carbocycles. The summed E-state index contributed by atoms with van der Waals surface area (Å²) in [6.07, 6.45) is 5.48. The minimum atomic E-state index is -0.260. The van der Waals surface area contributed by atoms with Crippen molar-refractivity contribution >= 4 is 11.9 Å². The van der Waals surface area contributed by atoms with Crippen molar-refractivity contribution < 1.29 is 14.3 Å². The summed E-state index contributed by atoms with van der Waals surface area (Å²) in [6, 6.07) is 0.332. The van der Waals surface area contributed by atoms with Gasteiger partial charge in [0.25, 0.3) is 0 Å². The molecule has 5 heteroatoms. The summed E-state index contributed by atoms with van der Waals surface area (Å²) in [5, 5.41) is 3.04. The van der Waals surface area contributed by atoms with Gasteiger partial charge in [-0.1, -0.05) is 19.8 Å². The first-order chi connectivity index (χ1) is 9.15. The van der Waals surface area contributed by atoms with Crippen molar-refractivity contribution in [2.45, 2.75) is 52.0 Å². The SMILES string of the molecule is CCCN(CC(=O)NC1CCCC1)CC(=O)OCC. The van der Waals surface area contributed by atoms with Crippen LogP contribution in [0.4, 0.5) is 0 Å². The van der Waals surface area contributed by atoms with Gasteiger partial charge in [-0.05, 0) is 32.7 Å². The summed E-state index contributed by atoms with van der Waals surface area (Å²) in [4.78, 5) is 25.2. The Labute approximate surface area is 115 Å². The number of rotatable bonds is 8. The van der Waals surface area contributed by atoms with E-state index in [1.807, 2.05) is 11.8 Å². The Morgan fingerprint density at radius 3 is 2.47 bits per heavy atom. The Morgan fingerprint density at radius 1 is 1.21 bits per heavy atom. The molecule has 0 bridgehead atoms. The third kappa shape index (κ3) is 6.57. The van der Waals surface area contributed by atoms with E-state index in [0.717, 1.165) is 25.8 Å². The van der Waals surface area contributed by atoms with Crippen LogP contribution in [0.3, 0.4) is 0 Å².